The van der Waals surface area contributed by atoms with Crippen LogP contribution < -0.4 is 20.6 Å². The number of pyridine rings is 1. The lowest BCUT2D eigenvalue weighted by Gasteiger charge is -2.15. The standard InChI is InChI=1S/C23H20N6O4/c1-33-18-10-8-17(9-11-18)27-13-20-26-28(23(32)29(20)22(27)31)14-21(30)24-12-16-7-6-15-4-2-3-5-19(15)25-16/h2-11H,12-14H2,1H3,(H,24,30). The molecule has 1 N–H and O–H groups in total. The Labute approximate surface area is 188 Å². The van der Waals surface area contributed by atoms with Gasteiger partial charge >= 0.3 is 11.7 Å². The molecule has 33 heavy (non-hydrogen) atoms. The van der Waals surface area contributed by atoms with E-state index in [1.165, 1.54) is 4.90 Å². The lowest BCUT2D eigenvalue weighted by atomic mass is 10.2. The van der Waals surface area contributed by atoms with E-state index in [0.717, 1.165) is 20.2 Å². The first-order chi connectivity index (χ1) is 16.0. The number of nitrogens with one attached hydrogen (secondary N) is 1. The summed E-state index contributed by atoms with van der Waals surface area (Å²) in [4.78, 5) is 43.8. The van der Waals surface area contributed by atoms with Crippen LogP contribution in [-0.2, 0) is 24.4 Å². The second kappa shape index (κ2) is 8.23. The topological polar surface area (TPSA) is 111 Å². The van der Waals surface area contributed by atoms with E-state index in [2.05, 4.69) is 15.4 Å². The van der Waals surface area contributed by atoms with Crippen LogP contribution in [0.15, 0.2) is 65.5 Å². The fourth-order valence-electron chi connectivity index (χ4n) is 3.73. The van der Waals surface area contributed by atoms with Gasteiger partial charge in [0.1, 0.15) is 12.3 Å². The van der Waals surface area contributed by atoms with Crippen molar-refractivity contribution in [1.82, 2.24) is 24.6 Å². The normalized spacial score (nSPS) is 12.8. The highest BCUT2D eigenvalue weighted by molar-refractivity contribution is 5.96. The first-order valence-electron chi connectivity index (χ1n) is 10.3. The molecule has 4 aromatic rings. The zero-order valence-corrected chi connectivity index (χ0v) is 17.8. The Morgan fingerprint density at radius 2 is 1.85 bits per heavy atom. The SMILES string of the molecule is COc1ccc(N2Cc3nn(CC(=O)NCc4ccc5ccccc5n4)c(=O)n3C2=O)cc1. The lowest BCUT2D eigenvalue weighted by Crippen LogP contribution is -2.37. The summed E-state index contributed by atoms with van der Waals surface area (Å²) >= 11 is 0. The predicted octanol–water partition coefficient (Wildman–Crippen LogP) is 1.91. The maximum absolute atomic E-state index is 12.8. The Hall–Kier alpha value is -4.47. The molecule has 0 unspecified atom stereocenters. The minimum Gasteiger partial charge on any atom is -0.497 e. The molecule has 166 valence electrons. The van der Waals surface area contributed by atoms with Crippen molar-refractivity contribution in [1.29, 1.82) is 0 Å². The smallest absolute Gasteiger partial charge is 0.354 e. The van der Waals surface area contributed by atoms with Crippen molar-refractivity contribution < 1.29 is 14.3 Å². The molecule has 0 saturated carbocycles. The van der Waals surface area contributed by atoms with E-state index in [1.807, 2.05) is 36.4 Å². The van der Waals surface area contributed by atoms with Crippen molar-refractivity contribution in [2.24, 2.45) is 0 Å². The summed E-state index contributed by atoms with van der Waals surface area (Å²) in [5.41, 5.74) is 1.51. The number of carbonyl (C=O) groups excluding carboxylic acids is 2. The number of methoxy groups -OCH3 is 1. The summed E-state index contributed by atoms with van der Waals surface area (Å²) in [6.07, 6.45) is 0. The third-order valence-corrected chi connectivity index (χ3v) is 5.43. The van der Waals surface area contributed by atoms with Gasteiger partial charge in [-0.05, 0) is 36.4 Å². The van der Waals surface area contributed by atoms with Gasteiger partial charge in [-0.3, -0.25) is 14.7 Å². The van der Waals surface area contributed by atoms with Gasteiger partial charge in [-0.15, -0.1) is 0 Å². The van der Waals surface area contributed by atoms with Crippen molar-refractivity contribution in [3.8, 4) is 5.75 Å². The van der Waals surface area contributed by atoms with Gasteiger partial charge in [0.25, 0.3) is 0 Å². The van der Waals surface area contributed by atoms with Crippen molar-refractivity contribution in [2.75, 3.05) is 12.0 Å². The molecule has 10 heteroatoms. The predicted molar refractivity (Wildman–Crippen MR) is 120 cm³/mol. The number of nitrogens with zero attached hydrogens (tertiary/aromatic N) is 5. The lowest BCUT2D eigenvalue weighted by molar-refractivity contribution is -0.122. The number of hydrogen-bond donors (Lipinski definition) is 1. The third-order valence-electron chi connectivity index (χ3n) is 5.43. The van der Waals surface area contributed by atoms with Crippen LogP contribution in [-0.4, -0.2) is 38.4 Å². The zero-order chi connectivity index (χ0) is 22.9. The van der Waals surface area contributed by atoms with Crippen molar-refractivity contribution >= 4 is 28.5 Å². The van der Waals surface area contributed by atoms with Gasteiger partial charge in [-0.2, -0.15) is 9.67 Å². The summed E-state index contributed by atoms with van der Waals surface area (Å²) in [7, 11) is 1.56. The minimum absolute atomic E-state index is 0.135. The molecule has 1 aliphatic rings. The molecule has 0 spiro atoms. The number of benzene rings is 2. The molecule has 0 saturated heterocycles. The van der Waals surface area contributed by atoms with E-state index >= 15 is 0 Å². The fraction of sp³-hybridized carbons (Fsp3) is 0.174. The largest absolute Gasteiger partial charge is 0.497 e. The molecule has 0 fully saturated rings. The first kappa shape index (κ1) is 20.4. The van der Waals surface area contributed by atoms with Gasteiger partial charge < -0.3 is 10.1 Å². The van der Waals surface area contributed by atoms with Gasteiger partial charge in [-0.1, -0.05) is 24.3 Å². The fourth-order valence-corrected chi connectivity index (χ4v) is 3.73. The van der Waals surface area contributed by atoms with Crippen molar-refractivity contribution in [2.45, 2.75) is 19.6 Å². The number of para-hydroxylation sites is 1. The molecule has 2 aromatic heterocycles. The number of amides is 2. The monoisotopic (exact) mass is 444 g/mol. The molecule has 2 aromatic carbocycles. The second-order valence-electron chi connectivity index (χ2n) is 7.53. The number of anilines is 1. The quantitative estimate of drug-likeness (QED) is 0.486. The molecule has 5 rings (SSSR count). The van der Waals surface area contributed by atoms with Crippen LogP contribution in [0.1, 0.15) is 11.5 Å². The summed E-state index contributed by atoms with van der Waals surface area (Å²) in [6.45, 7) is 0.0639. The number of carbonyl (C=O) groups is 2. The Kier molecular flexibility index (Phi) is 5.09. The Morgan fingerprint density at radius 3 is 2.61 bits per heavy atom. The molecule has 0 bridgehead atoms. The van der Waals surface area contributed by atoms with E-state index in [-0.39, 0.29) is 25.5 Å². The minimum atomic E-state index is -0.648. The highest BCUT2D eigenvalue weighted by Crippen LogP contribution is 2.24. The summed E-state index contributed by atoms with van der Waals surface area (Å²) in [5.74, 6) is 0.545. The molecule has 3 heterocycles. The second-order valence-corrected chi connectivity index (χ2v) is 7.53. The van der Waals surface area contributed by atoms with Crippen LogP contribution in [0.25, 0.3) is 10.9 Å². The van der Waals surface area contributed by atoms with Crippen LogP contribution in [0.4, 0.5) is 10.5 Å². The molecule has 2 amide bonds. The summed E-state index contributed by atoms with van der Waals surface area (Å²) < 4.78 is 7.12. The van der Waals surface area contributed by atoms with Gasteiger partial charge in [0, 0.05) is 11.1 Å². The van der Waals surface area contributed by atoms with Crippen LogP contribution in [0, 0.1) is 0 Å². The van der Waals surface area contributed by atoms with Crippen LogP contribution in [0.5, 0.6) is 5.75 Å². The number of hydrogen-bond acceptors (Lipinski definition) is 6. The maximum Gasteiger partial charge on any atom is 0.354 e. The molecular formula is C23H20N6O4. The highest BCUT2D eigenvalue weighted by atomic mass is 16.5. The van der Waals surface area contributed by atoms with Crippen LogP contribution in [0.2, 0.25) is 0 Å². The molecule has 10 nitrogen and oxygen atoms in total. The average Bonchev–Trinajstić information content (AvgIpc) is 3.33. The van der Waals surface area contributed by atoms with E-state index in [0.29, 0.717) is 17.1 Å². The average molecular weight is 444 g/mol. The molecule has 0 aliphatic carbocycles. The third kappa shape index (κ3) is 3.82. The highest BCUT2D eigenvalue weighted by Gasteiger charge is 2.33. The zero-order valence-electron chi connectivity index (χ0n) is 17.8. The van der Waals surface area contributed by atoms with Crippen molar-refractivity contribution in [3.05, 3.63) is 82.7 Å². The first-order valence-corrected chi connectivity index (χ1v) is 10.3. The number of fused-ring (bicyclic) bond motifs is 2. The maximum atomic E-state index is 12.8. The van der Waals surface area contributed by atoms with Crippen LogP contribution in [0.3, 0.4) is 0 Å². The van der Waals surface area contributed by atoms with Crippen LogP contribution >= 0.6 is 0 Å². The molecule has 0 atom stereocenters. The van der Waals surface area contributed by atoms with Gasteiger partial charge in [0.15, 0.2) is 5.82 Å². The van der Waals surface area contributed by atoms with Gasteiger partial charge in [0.2, 0.25) is 5.91 Å². The van der Waals surface area contributed by atoms with E-state index in [4.69, 9.17) is 4.74 Å². The number of rotatable bonds is 6. The summed E-state index contributed by atoms with van der Waals surface area (Å²) in [5, 5.41) is 7.95. The Bertz CT molecular complexity index is 1420. The Balaban J connectivity index is 1.25. The molecular weight excluding hydrogens is 424 g/mol. The van der Waals surface area contributed by atoms with E-state index < -0.39 is 17.6 Å². The number of ether oxygens (including phenoxy) is 1. The van der Waals surface area contributed by atoms with Gasteiger partial charge in [0.05, 0.1) is 31.4 Å². The van der Waals surface area contributed by atoms with E-state index in [9.17, 15) is 14.4 Å². The molecule has 0 radical (unpaired) electrons. The Morgan fingerprint density at radius 1 is 1.06 bits per heavy atom. The van der Waals surface area contributed by atoms with Gasteiger partial charge in [-0.25, -0.2) is 14.3 Å². The van der Waals surface area contributed by atoms with E-state index in [1.54, 1.807) is 31.4 Å². The number of aromatic nitrogens is 4. The summed E-state index contributed by atoms with van der Waals surface area (Å²) in [6, 6.07) is 17.9. The van der Waals surface area contributed by atoms with Crippen molar-refractivity contribution in [3.63, 3.8) is 0 Å². The molecule has 1 aliphatic heterocycles.